The highest BCUT2D eigenvalue weighted by molar-refractivity contribution is 5.74. The highest BCUT2D eigenvalue weighted by atomic mass is 16.5. The molecule has 2 N–H and O–H groups in total. The summed E-state index contributed by atoms with van der Waals surface area (Å²) in [5.41, 5.74) is 2.51. The number of hydrogen-bond acceptors (Lipinski definition) is 4. The first kappa shape index (κ1) is 14.8. The number of benzene rings is 1. The van der Waals surface area contributed by atoms with E-state index in [0.29, 0.717) is 11.3 Å². The van der Waals surface area contributed by atoms with Crippen molar-refractivity contribution in [1.82, 2.24) is 0 Å². The Kier molecular flexibility index (Phi) is 4.31. The molecule has 1 aromatic rings. The molecule has 1 aliphatic rings. The van der Waals surface area contributed by atoms with E-state index in [4.69, 9.17) is 9.47 Å². The number of anilines is 2. The third-order valence-electron chi connectivity index (χ3n) is 3.59. The summed E-state index contributed by atoms with van der Waals surface area (Å²) in [7, 11) is 3.33. The lowest BCUT2D eigenvalue weighted by molar-refractivity contribution is 0.310. The van der Waals surface area contributed by atoms with Crippen LogP contribution in [0.15, 0.2) is 12.1 Å². The fraction of sp³-hybridized carbons (Fsp3) is 0.625. The number of methoxy groups -OCH3 is 2. The second kappa shape index (κ2) is 5.81. The van der Waals surface area contributed by atoms with Gasteiger partial charge in [0, 0.05) is 25.2 Å². The molecule has 20 heavy (non-hydrogen) atoms. The minimum Gasteiger partial charge on any atom is -0.493 e. The molecule has 4 nitrogen and oxygen atoms in total. The largest absolute Gasteiger partial charge is 0.493 e. The summed E-state index contributed by atoms with van der Waals surface area (Å²) < 4.78 is 10.7. The van der Waals surface area contributed by atoms with Gasteiger partial charge in [0.15, 0.2) is 11.5 Å². The Labute approximate surface area is 121 Å². The van der Waals surface area contributed by atoms with Crippen molar-refractivity contribution in [1.29, 1.82) is 0 Å². The van der Waals surface area contributed by atoms with Crippen LogP contribution in [0.5, 0.6) is 11.5 Å². The lowest BCUT2D eigenvalue weighted by Crippen LogP contribution is -2.24. The Bertz CT molecular complexity index is 431. The monoisotopic (exact) mass is 278 g/mol. The van der Waals surface area contributed by atoms with Crippen molar-refractivity contribution >= 4 is 11.4 Å². The quantitative estimate of drug-likeness (QED) is 0.886. The Morgan fingerprint density at radius 1 is 1.00 bits per heavy atom. The fourth-order valence-electron chi connectivity index (χ4n) is 2.76. The molecule has 0 atom stereocenters. The zero-order valence-electron chi connectivity index (χ0n) is 13.2. The molecule has 112 valence electrons. The van der Waals surface area contributed by atoms with Crippen molar-refractivity contribution in [2.75, 3.05) is 37.9 Å². The lowest BCUT2D eigenvalue weighted by atomic mass is 9.84. The Morgan fingerprint density at radius 2 is 1.45 bits per heavy atom. The first-order chi connectivity index (χ1) is 9.43. The topological polar surface area (TPSA) is 42.5 Å². The third kappa shape index (κ3) is 3.50. The van der Waals surface area contributed by atoms with Gasteiger partial charge in [-0.15, -0.1) is 0 Å². The molecule has 0 aromatic heterocycles. The molecule has 2 rings (SSSR count). The van der Waals surface area contributed by atoms with Crippen LogP contribution in [0, 0.1) is 11.3 Å². The average molecular weight is 278 g/mol. The van der Waals surface area contributed by atoms with E-state index < -0.39 is 0 Å². The van der Waals surface area contributed by atoms with E-state index in [0.717, 1.165) is 36.0 Å². The maximum atomic E-state index is 5.36. The lowest BCUT2D eigenvalue weighted by Gasteiger charge is -2.25. The Morgan fingerprint density at radius 3 is 1.80 bits per heavy atom. The molecule has 0 radical (unpaired) electrons. The van der Waals surface area contributed by atoms with Gasteiger partial charge in [-0.2, -0.15) is 0 Å². The maximum Gasteiger partial charge on any atom is 0.162 e. The van der Waals surface area contributed by atoms with Crippen LogP contribution < -0.4 is 20.1 Å². The zero-order chi connectivity index (χ0) is 14.8. The predicted molar refractivity (Wildman–Crippen MR) is 84.1 cm³/mol. The molecule has 0 unspecified atom stereocenters. The normalized spacial score (nSPS) is 15.7. The van der Waals surface area contributed by atoms with Crippen molar-refractivity contribution in [3.63, 3.8) is 0 Å². The van der Waals surface area contributed by atoms with Crippen LogP contribution in [0.3, 0.4) is 0 Å². The zero-order valence-corrected chi connectivity index (χ0v) is 13.2. The van der Waals surface area contributed by atoms with E-state index in [1.807, 2.05) is 12.1 Å². The van der Waals surface area contributed by atoms with E-state index in [1.165, 1.54) is 6.42 Å². The van der Waals surface area contributed by atoms with E-state index in [2.05, 4.69) is 31.4 Å². The van der Waals surface area contributed by atoms with Gasteiger partial charge in [0.05, 0.1) is 25.6 Å². The Hall–Kier alpha value is -1.58. The molecular formula is C16H26N2O2. The predicted octanol–water partition coefficient (Wildman–Crippen LogP) is 3.59. The molecule has 0 fully saturated rings. The standard InChI is InChI=1S/C16H26N2O2/c1-16(2,3)8-11-9-17-12-6-14(19-4)15(20-5)7-13(12)18-10-11/h6-7,11,17-18H,8-10H2,1-5H3. The number of ether oxygens (including phenoxy) is 2. The first-order valence-corrected chi connectivity index (χ1v) is 7.16. The van der Waals surface area contributed by atoms with Crippen LogP contribution in [0.2, 0.25) is 0 Å². The molecule has 1 heterocycles. The summed E-state index contributed by atoms with van der Waals surface area (Å²) >= 11 is 0. The van der Waals surface area contributed by atoms with Gasteiger partial charge < -0.3 is 20.1 Å². The van der Waals surface area contributed by atoms with Gasteiger partial charge >= 0.3 is 0 Å². The van der Waals surface area contributed by atoms with Crippen molar-refractivity contribution < 1.29 is 9.47 Å². The van der Waals surface area contributed by atoms with Gasteiger partial charge in [0.2, 0.25) is 0 Å². The molecule has 0 saturated heterocycles. The highest BCUT2D eigenvalue weighted by Crippen LogP contribution is 2.38. The minimum atomic E-state index is 0.347. The van der Waals surface area contributed by atoms with Gasteiger partial charge in [-0.3, -0.25) is 0 Å². The summed E-state index contributed by atoms with van der Waals surface area (Å²) in [5, 5.41) is 7.05. The van der Waals surface area contributed by atoms with Gasteiger partial charge in [0.1, 0.15) is 0 Å². The molecule has 1 aliphatic heterocycles. The van der Waals surface area contributed by atoms with Crippen LogP contribution in [0.25, 0.3) is 0 Å². The molecule has 0 bridgehead atoms. The van der Waals surface area contributed by atoms with Crippen molar-refractivity contribution in [3.05, 3.63) is 12.1 Å². The van der Waals surface area contributed by atoms with Crippen LogP contribution in [-0.4, -0.2) is 27.3 Å². The first-order valence-electron chi connectivity index (χ1n) is 7.16. The third-order valence-corrected chi connectivity index (χ3v) is 3.59. The molecule has 4 heteroatoms. The molecular weight excluding hydrogens is 252 g/mol. The summed E-state index contributed by atoms with van der Waals surface area (Å²) in [6.45, 7) is 8.82. The van der Waals surface area contributed by atoms with E-state index in [1.54, 1.807) is 14.2 Å². The molecule has 0 saturated carbocycles. The number of rotatable bonds is 3. The molecule has 0 aliphatic carbocycles. The van der Waals surface area contributed by atoms with Crippen molar-refractivity contribution in [2.24, 2.45) is 11.3 Å². The van der Waals surface area contributed by atoms with Gasteiger partial charge in [-0.25, -0.2) is 0 Å². The van der Waals surface area contributed by atoms with E-state index in [-0.39, 0.29) is 0 Å². The van der Waals surface area contributed by atoms with Gasteiger partial charge in [-0.1, -0.05) is 20.8 Å². The summed E-state index contributed by atoms with van der Waals surface area (Å²) in [6, 6.07) is 4.00. The van der Waals surface area contributed by atoms with Gasteiger partial charge in [0.25, 0.3) is 0 Å². The van der Waals surface area contributed by atoms with Crippen LogP contribution >= 0.6 is 0 Å². The van der Waals surface area contributed by atoms with E-state index >= 15 is 0 Å². The van der Waals surface area contributed by atoms with Gasteiger partial charge in [-0.05, 0) is 17.8 Å². The molecule has 0 spiro atoms. The van der Waals surface area contributed by atoms with Crippen molar-refractivity contribution in [3.8, 4) is 11.5 Å². The van der Waals surface area contributed by atoms with Crippen molar-refractivity contribution in [2.45, 2.75) is 27.2 Å². The number of hydrogen-bond donors (Lipinski definition) is 2. The SMILES string of the molecule is COc1cc2c(cc1OC)NCC(CC(C)(C)C)CN2. The average Bonchev–Trinajstić information content (AvgIpc) is 2.58. The van der Waals surface area contributed by atoms with Crippen LogP contribution in [0.1, 0.15) is 27.2 Å². The second-order valence-electron chi connectivity index (χ2n) is 6.65. The van der Waals surface area contributed by atoms with Crippen LogP contribution in [-0.2, 0) is 0 Å². The number of nitrogens with one attached hydrogen (secondary N) is 2. The van der Waals surface area contributed by atoms with Crippen LogP contribution in [0.4, 0.5) is 11.4 Å². The maximum absolute atomic E-state index is 5.36. The van der Waals surface area contributed by atoms with E-state index in [9.17, 15) is 0 Å². The highest BCUT2D eigenvalue weighted by Gasteiger charge is 2.22. The summed E-state index contributed by atoms with van der Waals surface area (Å²) in [4.78, 5) is 0. The summed E-state index contributed by atoms with van der Waals surface area (Å²) in [6.07, 6.45) is 1.19. The minimum absolute atomic E-state index is 0.347. The summed E-state index contributed by atoms with van der Waals surface area (Å²) in [5.74, 6) is 2.13. The molecule has 1 aromatic carbocycles. The Balaban J connectivity index is 2.17. The smallest absolute Gasteiger partial charge is 0.162 e. The number of fused-ring (bicyclic) bond motifs is 1. The molecule has 0 amide bonds. The fourth-order valence-corrected chi connectivity index (χ4v) is 2.76. The second-order valence-corrected chi connectivity index (χ2v) is 6.65.